The lowest BCUT2D eigenvalue weighted by Crippen LogP contribution is -2.30. The Labute approximate surface area is 130 Å². The first-order valence-electron chi connectivity index (χ1n) is 7.33. The van der Waals surface area contributed by atoms with E-state index in [1.807, 2.05) is 19.1 Å². The number of nitrogens with zero attached hydrogens (tertiary/aromatic N) is 2. The monoisotopic (exact) mass is 299 g/mol. The van der Waals surface area contributed by atoms with Crippen LogP contribution in [-0.4, -0.2) is 15.7 Å². The minimum atomic E-state index is -0.295. The van der Waals surface area contributed by atoms with Crippen LogP contribution in [0.5, 0.6) is 0 Å². The van der Waals surface area contributed by atoms with Crippen LogP contribution in [0, 0.1) is 0 Å². The summed E-state index contributed by atoms with van der Waals surface area (Å²) in [7, 11) is 1.52. The van der Waals surface area contributed by atoms with Crippen LogP contribution in [0.1, 0.15) is 54.3 Å². The number of carbonyl (C=O) groups is 1. The van der Waals surface area contributed by atoms with E-state index in [2.05, 4.69) is 36.4 Å². The average Bonchev–Trinajstić information content (AvgIpc) is 2.50. The van der Waals surface area contributed by atoms with Crippen molar-refractivity contribution >= 4 is 5.91 Å². The maximum absolute atomic E-state index is 12.2. The van der Waals surface area contributed by atoms with Crippen molar-refractivity contribution in [3.8, 4) is 0 Å². The smallest absolute Gasteiger partial charge is 0.272 e. The first-order valence-corrected chi connectivity index (χ1v) is 7.33. The molecule has 0 bridgehead atoms. The molecule has 0 saturated heterocycles. The van der Waals surface area contributed by atoms with Crippen LogP contribution in [0.25, 0.3) is 0 Å². The lowest BCUT2D eigenvalue weighted by molar-refractivity contribution is 0.0932. The summed E-state index contributed by atoms with van der Waals surface area (Å²) < 4.78 is 1.15. The summed E-state index contributed by atoms with van der Waals surface area (Å²) in [4.78, 5) is 23.5. The zero-order valence-corrected chi connectivity index (χ0v) is 13.3. The highest BCUT2D eigenvalue weighted by molar-refractivity contribution is 5.92. The Balaban J connectivity index is 2.10. The van der Waals surface area contributed by atoms with E-state index >= 15 is 0 Å². The van der Waals surface area contributed by atoms with Gasteiger partial charge < -0.3 is 5.32 Å². The Morgan fingerprint density at radius 1 is 1.05 bits per heavy atom. The Bertz CT molecular complexity index is 717. The van der Waals surface area contributed by atoms with Crippen molar-refractivity contribution in [2.75, 3.05) is 0 Å². The maximum Gasteiger partial charge on any atom is 0.272 e. The van der Waals surface area contributed by atoms with Gasteiger partial charge in [0, 0.05) is 13.1 Å². The molecule has 1 atom stereocenters. The van der Waals surface area contributed by atoms with Crippen molar-refractivity contribution in [3.63, 3.8) is 0 Å². The van der Waals surface area contributed by atoms with Crippen LogP contribution in [0.4, 0.5) is 0 Å². The van der Waals surface area contributed by atoms with Crippen molar-refractivity contribution in [3.05, 3.63) is 63.6 Å². The number of hydrogen-bond acceptors (Lipinski definition) is 3. The fourth-order valence-electron chi connectivity index (χ4n) is 2.15. The molecule has 1 aromatic heterocycles. The molecule has 22 heavy (non-hydrogen) atoms. The van der Waals surface area contributed by atoms with Crippen molar-refractivity contribution in [1.29, 1.82) is 0 Å². The Morgan fingerprint density at radius 2 is 1.64 bits per heavy atom. The van der Waals surface area contributed by atoms with Crippen LogP contribution in [0.15, 0.2) is 41.2 Å². The van der Waals surface area contributed by atoms with E-state index in [-0.39, 0.29) is 23.2 Å². The first-order chi connectivity index (χ1) is 10.4. The standard InChI is InChI=1S/C17H21N3O2/c1-11(2)13-5-7-14(8-6-13)12(3)18-17(22)15-9-10-16(21)20(4)19-15/h5-12H,1-4H3,(H,18,22)/t12-/m1/s1. The second-order valence-corrected chi connectivity index (χ2v) is 5.70. The molecule has 0 unspecified atom stereocenters. The number of aromatic nitrogens is 2. The molecule has 0 fully saturated rings. The topological polar surface area (TPSA) is 64.0 Å². The van der Waals surface area contributed by atoms with E-state index in [4.69, 9.17) is 0 Å². The van der Waals surface area contributed by atoms with Gasteiger partial charge in [-0.25, -0.2) is 4.68 Å². The fraction of sp³-hybridized carbons (Fsp3) is 0.353. The van der Waals surface area contributed by atoms with Gasteiger partial charge >= 0.3 is 0 Å². The van der Waals surface area contributed by atoms with Gasteiger partial charge in [-0.05, 0) is 30.0 Å². The predicted molar refractivity (Wildman–Crippen MR) is 85.9 cm³/mol. The van der Waals surface area contributed by atoms with Crippen LogP contribution >= 0.6 is 0 Å². The van der Waals surface area contributed by atoms with Gasteiger partial charge in [-0.3, -0.25) is 9.59 Å². The molecule has 2 aromatic rings. The molecule has 2 rings (SSSR count). The third kappa shape index (κ3) is 3.61. The molecule has 0 spiro atoms. The summed E-state index contributed by atoms with van der Waals surface area (Å²) in [6.45, 7) is 6.21. The summed E-state index contributed by atoms with van der Waals surface area (Å²) in [6, 6.07) is 10.8. The molecule has 5 heteroatoms. The molecule has 0 radical (unpaired) electrons. The van der Waals surface area contributed by atoms with E-state index in [1.54, 1.807) is 0 Å². The zero-order valence-electron chi connectivity index (χ0n) is 13.3. The summed E-state index contributed by atoms with van der Waals surface area (Å²) in [5, 5.41) is 6.84. The highest BCUT2D eigenvalue weighted by atomic mass is 16.2. The summed E-state index contributed by atoms with van der Waals surface area (Å²) >= 11 is 0. The van der Waals surface area contributed by atoms with Crippen LogP contribution in [0.2, 0.25) is 0 Å². The van der Waals surface area contributed by atoms with Gasteiger partial charge in [0.15, 0.2) is 0 Å². The molecule has 0 saturated carbocycles. The predicted octanol–water partition coefficient (Wildman–Crippen LogP) is 2.39. The summed E-state index contributed by atoms with van der Waals surface area (Å²) in [6.07, 6.45) is 0. The first kappa shape index (κ1) is 15.9. The molecule has 1 amide bonds. The summed E-state index contributed by atoms with van der Waals surface area (Å²) in [5.74, 6) is 0.185. The Morgan fingerprint density at radius 3 is 2.18 bits per heavy atom. The van der Waals surface area contributed by atoms with Crippen molar-refractivity contribution in [2.45, 2.75) is 32.7 Å². The molecule has 5 nitrogen and oxygen atoms in total. The van der Waals surface area contributed by atoms with Crippen molar-refractivity contribution in [2.24, 2.45) is 7.05 Å². The minimum absolute atomic E-state index is 0.132. The van der Waals surface area contributed by atoms with Gasteiger partial charge in [0.25, 0.3) is 11.5 Å². The van der Waals surface area contributed by atoms with Crippen LogP contribution in [0.3, 0.4) is 0 Å². The highest BCUT2D eigenvalue weighted by Crippen LogP contribution is 2.18. The molecular formula is C17H21N3O2. The summed E-state index contributed by atoms with van der Waals surface area (Å²) in [5.41, 5.74) is 2.28. The lowest BCUT2D eigenvalue weighted by Gasteiger charge is -2.15. The van der Waals surface area contributed by atoms with Gasteiger partial charge in [0.05, 0.1) is 6.04 Å². The maximum atomic E-state index is 12.2. The number of nitrogens with one attached hydrogen (secondary N) is 1. The quantitative estimate of drug-likeness (QED) is 0.943. The van der Waals surface area contributed by atoms with Gasteiger partial charge in [-0.1, -0.05) is 38.1 Å². The Hall–Kier alpha value is -2.43. The highest BCUT2D eigenvalue weighted by Gasteiger charge is 2.13. The largest absolute Gasteiger partial charge is 0.344 e. The normalized spacial score (nSPS) is 12.2. The molecular weight excluding hydrogens is 278 g/mol. The van der Waals surface area contributed by atoms with Crippen LogP contribution < -0.4 is 10.9 Å². The Kier molecular flexibility index (Phi) is 4.75. The lowest BCUT2D eigenvalue weighted by atomic mass is 9.99. The van der Waals surface area contributed by atoms with Gasteiger partial charge in [-0.2, -0.15) is 5.10 Å². The van der Waals surface area contributed by atoms with Gasteiger partial charge in [0.2, 0.25) is 0 Å². The molecule has 1 aromatic carbocycles. The molecule has 0 aliphatic heterocycles. The SMILES string of the molecule is CC(C)c1ccc([C@@H](C)NC(=O)c2ccc(=O)n(C)n2)cc1. The minimum Gasteiger partial charge on any atom is -0.344 e. The second-order valence-electron chi connectivity index (χ2n) is 5.70. The molecule has 116 valence electrons. The molecule has 0 aliphatic rings. The third-order valence-electron chi connectivity index (χ3n) is 3.64. The number of hydrogen-bond donors (Lipinski definition) is 1. The van der Waals surface area contributed by atoms with Gasteiger partial charge in [-0.15, -0.1) is 0 Å². The third-order valence-corrected chi connectivity index (χ3v) is 3.64. The molecule has 0 aliphatic carbocycles. The molecule has 1 heterocycles. The van der Waals surface area contributed by atoms with Gasteiger partial charge in [0.1, 0.15) is 5.69 Å². The second kappa shape index (κ2) is 6.56. The molecule has 1 N–H and O–H groups in total. The van der Waals surface area contributed by atoms with E-state index in [0.717, 1.165) is 10.2 Å². The number of aryl methyl sites for hydroxylation is 1. The van der Waals surface area contributed by atoms with E-state index in [0.29, 0.717) is 5.92 Å². The van der Waals surface area contributed by atoms with E-state index in [1.165, 1.54) is 24.7 Å². The number of rotatable bonds is 4. The van der Waals surface area contributed by atoms with Crippen molar-refractivity contribution < 1.29 is 4.79 Å². The average molecular weight is 299 g/mol. The zero-order chi connectivity index (χ0) is 16.3. The number of benzene rings is 1. The fourth-order valence-corrected chi connectivity index (χ4v) is 2.15. The number of carbonyl (C=O) groups excluding carboxylic acids is 1. The van der Waals surface area contributed by atoms with E-state index < -0.39 is 0 Å². The number of amides is 1. The van der Waals surface area contributed by atoms with Crippen LogP contribution in [-0.2, 0) is 7.05 Å². The van der Waals surface area contributed by atoms with E-state index in [9.17, 15) is 9.59 Å². The van der Waals surface area contributed by atoms with Crippen molar-refractivity contribution in [1.82, 2.24) is 15.1 Å².